The molecule has 0 unspecified atom stereocenters. The normalized spacial score (nSPS) is 23.0. The van der Waals surface area contributed by atoms with Gasteiger partial charge in [0.1, 0.15) is 11.6 Å². The van der Waals surface area contributed by atoms with E-state index in [2.05, 4.69) is 61.9 Å². The van der Waals surface area contributed by atoms with Crippen LogP contribution in [-0.4, -0.2) is 62.0 Å². The van der Waals surface area contributed by atoms with Crippen LogP contribution in [0, 0.1) is 0 Å². The third-order valence-electron chi connectivity index (χ3n) is 6.04. The van der Waals surface area contributed by atoms with Crippen molar-refractivity contribution in [3.63, 3.8) is 0 Å². The summed E-state index contributed by atoms with van der Waals surface area (Å²) in [6.07, 6.45) is 4.00. The van der Waals surface area contributed by atoms with Crippen LogP contribution in [0.25, 0.3) is 0 Å². The third kappa shape index (κ3) is 4.57. The summed E-state index contributed by atoms with van der Waals surface area (Å²) < 4.78 is 2.21. The minimum Gasteiger partial charge on any atom is -0.393 e. The average Bonchev–Trinajstić information content (AvgIpc) is 3.05. The highest BCUT2D eigenvalue weighted by Gasteiger charge is 2.27. The molecule has 0 amide bonds. The van der Waals surface area contributed by atoms with E-state index in [4.69, 9.17) is 0 Å². The van der Waals surface area contributed by atoms with E-state index in [9.17, 15) is 5.11 Å². The molecule has 0 bridgehead atoms. The van der Waals surface area contributed by atoms with Crippen LogP contribution in [0.15, 0.2) is 30.3 Å². The highest BCUT2D eigenvalue weighted by Crippen LogP contribution is 2.27. The van der Waals surface area contributed by atoms with Gasteiger partial charge in [0.05, 0.1) is 12.6 Å². The zero-order chi connectivity index (χ0) is 18.6. The van der Waals surface area contributed by atoms with E-state index in [1.807, 2.05) is 0 Å². The minimum atomic E-state index is -0.130. The fourth-order valence-corrected chi connectivity index (χ4v) is 4.40. The minimum absolute atomic E-state index is 0.130. The molecular weight excluding hydrogens is 338 g/mol. The summed E-state index contributed by atoms with van der Waals surface area (Å²) in [5.41, 5.74) is 1.38. The Morgan fingerprint density at radius 1 is 0.963 bits per heavy atom. The summed E-state index contributed by atoms with van der Waals surface area (Å²) in [6, 6.07) is 10.7. The van der Waals surface area contributed by atoms with Gasteiger partial charge >= 0.3 is 0 Å². The molecule has 2 aliphatic heterocycles. The maximum absolute atomic E-state index is 9.69. The fraction of sp³-hybridized carbons (Fsp3) is 0.619. The molecule has 2 aliphatic rings. The average molecular weight is 370 g/mol. The molecular formula is C21H31N5O. The largest absolute Gasteiger partial charge is 0.393 e. The number of aromatic nitrogens is 3. The molecule has 0 radical (unpaired) electrons. The number of hydrogen-bond acceptors (Lipinski definition) is 5. The van der Waals surface area contributed by atoms with Gasteiger partial charge in [-0.2, -0.15) is 0 Å². The lowest BCUT2D eigenvalue weighted by molar-refractivity contribution is 0.0775. The van der Waals surface area contributed by atoms with Crippen LogP contribution >= 0.6 is 0 Å². The molecule has 27 heavy (non-hydrogen) atoms. The fourth-order valence-electron chi connectivity index (χ4n) is 4.40. The number of piperidine rings is 2. The Morgan fingerprint density at radius 2 is 1.74 bits per heavy atom. The van der Waals surface area contributed by atoms with Crippen LogP contribution < -0.4 is 0 Å². The molecule has 2 fully saturated rings. The predicted molar refractivity (Wildman–Crippen MR) is 105 cm³/mol. The van der Waals surface area contributed by atoms with Gasteiger partial charge in [-0.1, -0.05) is 30.3 Å². The first kappa shape index (κ1) is 18.6. The van der Waals surface area contributed by atoms with Crippen LogP contribution in [0.5, 0.6) is 0 Å². The topological polar surface area (TPSA) is 57.4 Å². The molecule has 1 aromatic carbocycles. The molecule has 4 rings (SSSR count). The summed E-state index contributed by atoms with van der Waals surface area (Å²) in [7, 11) is 2.11. The van der Waals surface area contributed by atoms with Crippen molar-refractivity contribution in [1.29, 1.82) is 0 Å². The smallest absolute Gasteiger partial charge is 0.146 e. The highest BCUT2D eigenvalue weighted by atomic mass is 16.3. The van der Waals surface area contributed by atoms with Crippen molar-refractivity contribution in [2.24, 2.45) is 7.05 Å². The number of rotatable bonds is 5. The summed E-state index contributed by atoms with van der Waals surface area (Å²) in [5.74, 6) is 2.62. The second-order valence-electron chi connectivity index (χ2n) is 8.10. The lowest BCUT2D eigenvalue weighted by Gasteiger charge is -2.32. The number of aliphatic hydroxyl groups excluding tert-OH is 1. The van der Waals surface area contributed by atoms with Gasteiger partial charge in [0.15, 0.2) is 0 Å². The van der Waals surface area contributed by atoms with Crippen molar-refractivity contribution in [2.75, 3.05) is 26.2 Å². The second-order valence-corrected chi connectivity index (χ2v) is 8.10. The molecule has 1 aromatic heterocycles. The van der Waals surface area contributed by atoms with Crippen LogP contribution in [-0.2, 0) is 20.1 Å². The first-order valence-electron chi connectivity index (χ1n) is 10.2. The van der Waals surface area contributed by atoms with Crippen LogP contribution in [0.1, 0.15) is 48.8 Å². The van der Waals surface area contributed by atoms with E-state index in [1.54, 1.807) is 0 Å². The molecule has 6 heteroatoms. The molecule has 0 saturated carbocycles. The van der Waals surface area contributed by atoms with Crippen molar-refractivity contribution < 1.29 is 5.11 Å². The molecule has 3 heterocycles. The standard InChI is InChI=1S/C21H31N5O/c1-24-20(16-25-12-9-19(27)10-13-25)22-23-21(24)18-8-5-11-26(15-18)14-17-6-3-2-4-7-17/h2-4,6-7,18-19,27H,5,8-16H2,1H3/t18-/m1/s1. The van der Waals surface area contributed by atoms with Crippen molar-refractivity contribution in [3.05, 3.63) is 47.5 Å². The molecule has 2 saturated heterocycles. The Balaban J connectivity index is 1.38. The number of hydrogen-bond donors (Lipinski definition) is 1. The Bertz CT molecular complexity index is 723. The zero-order valence-electron chi connectivity index (χ0n) is 16.3. The number of likely N-dealkylation sites (tertiary alicyclic amines) is 2. The van der Waals surface area contributed by atoms with Gasteiger partial charge in [-0.15, -0.1) is 10.2 Å². The third-order valence-corrected chi connectivity index (χ3v) is 6.04. The van der Waals surface area contributed by atoms with Gasteiger partial charge in [-0.25, -0.2) is 0 Å². The van der Waals surface area contributed by atoms with Crippen molar-refractivity contribution >= 4 is 0 Å². The first-order valence-corrected chi connectivity index (χ1v) is 10.2. The van der Waals surface area contributed by atoms with E-state index >= 15 is 0 Å². The van der Waals surface area contributed by atoms with Crippen LogP contribution in [0.2, 0.25) is 0 Å². The Kier molecular flexibility index (Phi) is 5.86. The summed E-state index contributed by atoms with van der Waals surface area (Å²) in [4.78, 5) is 4.92. The quantitative estimate of drug-likeness (QED) is 0.875. The second kappa shape index (κ2) is 8.50. The zero-order valence-corrected chi connectivity index (χ0v) is 16.3. The Morgan fingerprint density at radius 3 is 2.52 bits per heavy atom. The molecule has 0 spiro atoms. The number of nitrogens with zero attached hydrogens (tertiary/aromatic N) is 5. The SMILES string of the molecule is Cn1c(CN2CCC(O)CC2)nnc1[C@@H]1CCCN(Cc2ccccc2)C1. The monoisotopic (exact) mass is 369 g/mol. The first-order chi connectivity index (χ1) is 13.2. The number of benzene rings is 1. The summed E-state index contributed by atoms with van der Waals surface area (Å²) >= 11 is 0. The Hall–Kier alpha value is -1.76. The lowest BCUT2D eigenvalue weighted by atomic mass is 9.96. The summed E-state index contributed by atoms with van der Waals surface area (Å²) in [6.45, 7) is 5.94. The van der Waals surface area contributed by atoms with Gasteiger partial charge in [0.25, 0.3) is 0 Å². The molecule has 1 atom stereocenters. The Labute approximate surface area is 161 Å². The molecule has 146 valence electrons. The van der Waals surface area contributed by atoms with Gasteiger partial charge in [0.2, 0.25) is 0 Å². The van der Waals surface area contributed by atoms with Gasteiger partial charge < -0.3 is 9.67 Å². The molecule has 6 nitrogen and oxygen atoms in total. The maximum Gasteiger partial charge on any atom is 0.146 e. The highest BCUT2D eigenvalue weighted by molar-refractivity contribution is 5.15. The van der Waals surface area contributed by atoms with Gasteiger partial charge in [-0.3, -0.25) is 9.80 Å². The van der Waals surface area contributed by atoms with Crippen molar-refractivity contribution in [1.82, 2.24) is 24.6 Å². The number of aliphatic hydroxyl groups is 1. The lowest BCUT2D eigenvalue weighted by Crippen LogP contribution is -2.36. The van der Waals surface area contributed by atoms with Crippen LogP contribution in [0.3, 0.4) is 0 Å². The maximum atomic E-state index is 9.69. The predicted octanol–water partition coefficient (Wildman–Crippen LogP) is 2.15. The molecule has 2 aromatic rings. The summed E-state index contributed by atoms with van der Waals surface area (Å²) in [5, 5.41) is 18.8. The molecule has 1 N–H and O–H groups in total. The van der Waals surface area contributed by atoms with E-state index in [0.717, 1.165) is 63.8 Å². The van der Waals surface area contributed by atoms with Crippen molar-refractivity contribution in [2.45, 2.75) is 50.8 Å². The van der Waals surface area contributed by atoms with E-state index < -0.39 is 0 Å². The van der Waals surface area contributed by atoms with Gasteiger partial charge in [0, 0.05) is 39.1 Å². The van der Waals surface area contributed by atoms with E-state index in [-0.39, 0.29) is 6.10 Å². The van der Waals surface area contributed by atoms with E-state index in [1.165, 1.54) is 18.4 Å². The van der Waals surface area contributed by atoms with Crippen LogP contribution in [0.4, 0.5) is 0 Å². The van der Waals surface area contributed by atoms with E-state index in [0.29, 0.717) is 5.92 Å². The van der Waals surface area contributed by atoms with Gasteiger partial charge in [-0.05, 0) is 37.8 Å². The van der Waals surface area contributed by atoms with Crippen molar-refractivity contribution in [3.8, 4) is 0 Å². The molecule has 0 aliphatic carbocycles.